The van der Waals surface area contributed by atoms with Crippen molar-refractivity contribution >= 4 is 0 Å². The number of piperidine rings is 1. The molecule has 65 valence electrons. The average Bonchev–Trinajstić information content (AvgIpc) is 2.05. The minimum absolute atomic E-state index is 0.755. The van der Waals surface area contributed by atoms with E-state index >= 15 is 0 Å². The fourth-order valence-corrected chi connectivity index (χ4v) is 1.66. The van der Waals surface area contributed by atoms with E-state index in [9.17, 15) is 0 Å². The van der Waals surface area contributed by atoms with Crippen molar-refractivity contribution in [3.8, 4) is 0 Å². The van der Waals surface area contributed by atoms with Crippen LogP contribution in [0.1, 0.15) is 12.8 Å². The molecule has 2 heteroatoms. The summed E-state index contributed by atoms with van der Waals surface area (Å²) in [4.78, 5) is 4.75. The van der Waals surface area contributed by atoms with Crippen LogP contribution in [0.25, 0.3) is 0 Å². The first-order valence-corrected chi connectivity index (χ1v) is 4.42. The molecule has 1 saturated heterocycles. The van der Waals surface area contributed by atoms with Crippen LogP contribution in [0, 0.1) is 6.92 Å². The standard InChI is InChI=1S/C9H19N2/c1-4-11-7-5-6-9(8-11)10(2)3/h9H,1,4-8H2,2-3H3. The van der Waals surface area contributed by atoms with Gasteiger partial charge in [0.1, 0.15) is 0 Å². The lowest BCUT2D eigenvalue weighted by atomic mass is 10.1. The molecular formula is C9H19N2. The number of nitrogens with zero attached hydrogens (tertiary/aromatic N) is 2. The third-order valence-electron chi connectivity index (χ3n) is 2.53. The average molecular weight is 155 g/mol. The highest BCUT2D eigenvalue weighted by atomic mass is 15.2. The van der Waals surface area contributed by atoms with Crippen LogP contribution in [0.3, 0.4) is 0 Å². The normalized spacial score (nSPS) is 27.8. The molecule has 1 heterocycles. The van der Waals surface area contributed by atoms with Gasteiger partial charge in [-0.25, -0.2) is 0 Å². The van der Waals surface area contributed by atoms with E-state index in [4.69, 9.17) is 0 Å². The Morgan fingerprint density at radius 3 is 2.82 bits per heavy atom. The predicted molar refractivity (Wildman–Crippen MR) is 48.5 cm³/mol. The Hall–Kier alpha value is -0.0800. The number of likely N-dealkylation sites (tertiary alicyclic amines) is 1. The fourth-order valence-electron chi connectivity index (χ4n) is 1.66. The Morgan fingerprint density at radius 2 is 2.27 bits per heavy atom. The molecule has 0 saturated carbocycles. The van der Waals surface area contributed by atoms with Crippen molar-refractivity contribution in [2.45, 2.75) is 18.9 Å². The van der Waals surface area contributed by atoms with Gasteiger partial charge in [-0.2, -0.15) is 0 Å². The number of hydrogen-bond acceptors (Lipinski definition) is 2. The van der Waals surface area contributed by atoms with Crippen LogP contribution in [0.5, 0.6) is 0 Å². The molecule has 0 aromatic heterocycles. The van der Waals surface area contributed by atoms with E-state index in [1.54, 1.807) is 0 Å². The van der Waals surface area contributed by atoms with Crippen LogP contribution in [0.2, 0.25) is 0 Å². The molecule has 1 aliphatic heterocycles. The van der Waals surface area contributed by atoms with Gasteiger partial charge in [0.25, 0.3) is 0 Å². The van der Waals surface area contributed by atoms with Gasteiger partial charge in [0.2, 0.25) is 0 Å². The largest absolute Gasteiger partial charge is 0.305 e. The van der Waals surface area contributed by atoms with Crippen molar-refractivity contribution in [2.24, 2.45) is 0 Å². The zero-order valence-electron chi connectivity index (χ0n) is 7.71. The molecule has 1 aliphatic rings. The van der Waals surface area contributed by atoms with Crippen molar-refractivity contribution in [3.63, 3.8) is 0 Å². The van der Waals surface area contributed by atoms with Gasteiger partial charge in [-0.15, -0.1) is 0 Å². The molecule has 1 fully saturated rings. The van der Waals surface area contributed by atoms with E-state index in [1.807, 2.05) is 0 Å². The lowest BCUT2D eigenvalue weighted by molar-refractivity contribution is 0.143. The Morgan fingerprint density at radius 1 is 1.55 bits per heavy atom. The zero-order valence-corrected chi connectivity index (χ0v) is 7.71. The van der Waals surface area contributed by atoms with Gasteiger partial charge in [0, 0.05) is 12.6 Å². The third-order valence-corrected chi connectivity index (χ3v) is 2.53. The summed E-state index contributed by atoms with van der Waals surface area (Å²) in [5.41, 5.74) is 0. The molecule has 0 spiro atoms. The van der Waals surface area contributed by atoms with Crippen molar-refractivity contribution in [1.82, 2.24) is 9.80 Å². The molecule has 11 heavy (non-hydrogen) atoms. The van der Waals surface area contributed by atoms with Crippen molar-refractivity contribution in [3.05, 3.63) is 6.92 Å². The van der Waals surface area contributed by atoms with E-state index in [2.05, 4.69) is 30.8 Å². The van der Waals surface area contributed by atoms with Crippen molar-refractivity contribution in [1.29, 1.82) is 0 Å². The van der Waals surface area contributed by atoms with Gasteiger partial charge in [0.15, 0.2) is 0 Å². The Labute approximate surface area is 70.2 Å². The highest BCUT2D eigenvalue weighted by molar-refractivity contribution is 4.77. The molecule has 1 unspecified atom stereocenters. The number of rotatable bonds is 2. The summed E-state index contributed by atoms with van der Waals surface area (Å²) in [6.45, 7) is 7.32. The Balaban J connectivity index is 2.33. The van der Waals surface area contributed by atoms with Gasteiger partial charge < -0.3 is 9.80 Å². The van der Waals surface area contributed by atoms with Crippen molar-refractivity contribution < 1.29 is 0 Å². The van der Waals surface area contributed by atoms with Crippen LogP contribution in [0.4, 0.5) is 0 Å². The first-order valence-electron chi connectivity index (χ1n) is 4.42. The highest BCUT2D eigenvalue weighted by Crippen LogP contribution is 2.12. The lowest BCUT2D eigenvalue weighted by Crippen LogP contribution is -2.44. The molecule has 0 bridgehead atoms. The van der Waals surface area contributed by atoms with E-state index < -0.39 is 0 Å². The van der Waals surface area contributed by atoms with Gasteiger partial charge in [-0.1, -0.05) is 0 Å². The monoisotopic (exact) mass is 155 g/mol. The SMILES string of the molecule is [CH2]CN1CCCC(N(C)C)C1. The molecule has 0 amide bonds. The van der Waals surface area contributed by atoms with Gasteiger partial charge in [-0.05, 0) is 47.0 Å². The Kier molecular flexibility index (Phi) is 3.34. The number of likely N-dealkylation sites (N-methyl/N-ethyl adjacent to an activating group) is 1. The molecule has 2 nitrogen and oxygen atoms in total. The third kappa shape index (κ3) is 2.46. The minimum Gasteiger partial charge on any atom is -0.305 e. The second-order valence-electron chi connectivity index (χ2n) is 3.56. The summed E-state index contributed by atoms with van der Waals surface area (Å²) in [5.74, 6) is 0. The molecule has 0 aromatic carbocycles. The summed E-state index contributed by atoms with van der Waals surface area (Å²) in [7, 11) is 4.33. The maximum Gasteiger partial charge on any atom is 0.0217 e. The van der Waals surface area contributed by atoms with Crippen molar-refractivity contribution in [2.75, 3.05) is 33.7 Å². The van der Waals surface area contributed by atoms with Crippen LogP contribution < -0.4 is 0 Å². The maximum atomic E-state index is 3.91. The summed E-state index contributed by atoms with van der Waals surface area (Å²) < 4.78 is 0. The lowest BCUT2D eigenvalue weighted by Gasteiger charge is -2.35. The molecule has 0 N–H and O–H groups in total. The van der Waals surface area contributed by atoms with Gasteiger partial charge >= 0.3 is 0 Å². The van der Waals surface area contributed by atoms with E-state index in [0.29, 0.717) is 0 Å². The van der Waals surface area contributed by atoms with Crippen LogP contribution in [0.15, 0.2) is 0 Å². The predicted octanol–water partition coefficient (Wildman–Crippen LogP) is 0.846. The maximum absolute atomic E-state index is 3.91. The molecule has 0 aromatic rings. The quantitative estimate of drug-likeness (QED) is 0.583. The minimum atomic E-state index is 0.755. The summed E-state index contributed by atoms with van der Waals surface area (Å²) in [6.07, 6.45) is 2.68. The smallest absolute Gasteiger partial charge is 0.0217 e. The molecule has 0 aliphatic carbocycles. The first-order chi connectivity index (χ1) is 5.24. The molecule has 1 rings (SSSR count). The van der Waals surface area contributed by atoms with Crippen LogP contribution in [-0.2, 0) is 0 Å². The summed E-state index contributed by atoms with van der Waals surface area (Å²) >= 11 is 0. The Bertz CT molecular complexity index is 112. The fraction of sp³-hybridized carbons (Fsp3) is 0.889. The molecule has 1 atom stereocenters. The number of hydrogen-bond donors (Lipinski definition) is 0. The van der Waals surface area contributed by atoms with E-state index in [-0.39, 0.29) is 0 Å². The molecular weight excluding hydrogens is 136 g/mol. The van der Waals surface area contributed by atoms with E-state index in [0.717, 1.165) is 12.6 Å². The first kappa shape index (κ1) is 9.01. The second kappa shape index (κ2) is 4.07. The summed E-state index contributed by atoms with van der Waals surface area (Å²) in [6, 6.07) is 0.755. The topological polar surface area (TPSA) is 6.48 Å². The molecule has 1 radical (unpaired) electrons. The second-order valence-corrected chi connectivity index (χ2v) is 3.56. The summed E-state index contributed by atoms with van der Waals surface area (Å²) in [5, 5.41) is 0. The van der Waals surface area contributed by atoms with Crippen LogP contribution in [-0.4, -0.2) is 49.6 Å². The van der Waals surface area contributed by atoms with Gasteiger partial charge in [-0.3, -0.25) is 0 Å². The zero-order chi connectivity index (χ0) is 8.27. The van der Waals surface area contributed by atoms with Crippen LogP contribution >= 0.6 is 0 Å². The van der Waals surface area contributed by atoms with E-state index in [1.165, 1.54) is 25.9 Å². The highest BCUT2D eigenvalue weighted by Gasteiger charge is 2.19. The van der Waals surface area contributed by atoms with Gasteiger partial charge in [0.05, 0.1) is 0 Å².